The van der Waals surface area contributed by atoms with E-state index in [2.05, 4.69) is 0 Å². The molecule has 2 saturated heterocycles. The van der Waals surface area contributed by atoms with Crippen LogP contribution in [0.25, 0.3) is 0 Å². The number of hydrogen-bond donors (Lipinski definition) is 1. The molecule has 2 fully saturated rings. The van der Waals surface area contributed by atoms with E-state index in [0.29, 0.717) is 11.1 Å². The van der Waals surface area contributed by atoms with Crippen molar-refractivity contribution in [2.24, 2.45) is 5.41 Å². The lowest BCUT2D eigenvalue weighted by Crippen LogP contribution is -2.64. The van der Waals surface area contributed by atoms with E-state index in [1.807, 2.05) is 30.3 Å². The van der Waals surface area contributed by atoms with Crippen LogP contribution < -0.4 is 0 Å². The van der Waals surface area contributed by atoms with Gasteiger partial charge in [0.25, 0.3) is 0 Å². The first-order chi connectivity index (χ1) is 17.7. The number of β-amino-alcohol motifs (C(OH)–C–C–N with tert-alkyl or cyclic N) is 1. The molecule has 37 heavy (non-hydrogen) atoms. The van der Waals surface area contributed by atoms with Gasteiger partial charge in [-0.05, 0) is 47.9 Å². The summed E-state index contributed by atoms with van der Waals surface area (Å²) in [5, 5.41) is 11.7. The van der Waals surface area contributed by atoms with E-state index in [-0.39, 0.29) is 19.7 Å². The minimum absolute atomic E-state index is 0.0520. The fourth-order valence-corrected chi connectivity index (χ4v) is 5.17. The number of benzene rings is 3. The fourth-order valence-electron chi connectivity index (χ4n) is 5.17. The SMILES string of the molecule is CCOC(=O)C12CC(c3ccc(F)cc3)(c3ccc(F)cc3)OOC1(O)CN(Cc1ccccc1)C2=O. The van der Waals surface area contributed by atoms with Crippen molar-refractivity contribution < 1.29 is 38.0 Å². The van der Waals surface area contributed by atoms with Gasteiger partial charge in [0.05, 0.1) is 13.2 Å². The summed E-state index contributed by atoms with van der Waals surface area (Å²) in [5.74, 6) is -5.09. The second kappa shape index (κ2) is 9.33. The summed E-state index contributed by atoms with van der Waals surface area (Å²) in [6.45, 7) is 1.28. The molecule has 7 nitrogen and oxygen atoms in total. The Morgan fingerprint density at radius 3 is 2.05 bits per heavy atom. The Bertz CT molecular complexity index is 1260. The predicted octanol–water partition coefficient (Wildman–Crippen LogP) is 3.84. The van der Waals surface area contributed by atoms with E-state index >= 15 is 0 Å². The molecule has 1 amide bonds. The van der Waals surface area contributed by atoms with Crippen LogP contribution >= 0.6 is 0 Å². The molecule has 0 radical (unpaired) electrons. The summed E-state index contributed by atoms with van der Waals surface area (Å²) in [6.07, 6.45) is -0.434. The number of likely N-dealkylation sites (tertiary alicyclic amines) is 1. The molecule has 9 heteroatoms. The van der Waals surface area contributed by atoms with Crippen LogP contribution in [0.5, 0.6) is 0 Å². The third kappa shape index (κ3) is 3.99. The summed E-state index contributed by atoms with van der Waals surface area (Å²) in [4.78, 5) is 40.4. The summed E-state index contributed by atoms with van der Waals surface area (Å²) >= 11 is 0. The van der Waals surface area contributed by atoms with Gasteiger partial charge in [-0.1, -0.05) is 54.6 Å². The van der Waals surface area contributed by atoms with Crippen LogP contribution in [0.3, 0.4) is 0 Å². The van der Waals surface area contributed by atoms with Crippen molar-refractivity contribution in [3.63, 3.8) is 0 Å². The Hall–Kier alpha value is -3.66. The maximum absolute atomic E-state index is 14.1. The maximum Gasteiger partial charge on any atom is 0.327 e. The minimum atomic E-state index is -2.38. The number of nitrogens with zero attached hydrogens (tertiary/aromatic N) is 1. The van der Waals surface area contributed by atoms with Gasteiger partial charge in [0.1, 0.15) is 11.6 Å². The van der Waals surface area contributed by atoms with Crippen molar-refractivity contribution in [2.75, 3.05) is 13.2 Å². The number of carbonyl (C=O) groups is 2. The lowest BCUT2D eigenvalue weighted by Gasteiger charge is -2.48. The number of fused-ring (bicyclic) bond motifs is 1. The smallest absolute Gasteiger partial charge is 0.327 e. The monoisotopic (exact) mass is 509 g/mol. The van der Waals surface area contributed by atoms with Crippen LogP contribution in [-0.4, -0.2) is 40.8 Å². The van der Waals surface area contributed by atoms with E-state index < -0.39 is 46.7 Å². The lowest BCUT2D eigenvalue weighted by atomic mass is 9.67. The van der Waals surface area contributed by atoms with Gasteiger partial charge < -0.3 is 14.7 Å². The Labute approximate surface area is 212 Å². The molecule has 2 unspecified atom stereocenters. The van der Waals surface area contributed by atoms with Gasteiger partial charge in [-0.25, -0.2) is 13.7 Å². The average molecular weight is 510 g/mol. The molecule has 3 aromatic rings. The first kappa shape index (κ1) is 25.0. The van der Waals surface area contributed by atoms with Crippen molar-refractivity contribution >= 4 is 11.9 Å². The summed E-state index contributed by atoms with van der Waals surface area (Å²) in [7, 11) is 0. The first-order valence-corrected chi connectivity index (χ1v) is 11.9. The normalized spacial score (nSPS) is 24.5. The number of esters is 1. The van der Waals surface area contributed by atoms with Gasteiger partial charge in [0.2, 0.25) is 17.1 Å². The van der Waals surface area contributed by atoms with Crippen LogP contribution in [-0.2, 0) is 36.2 Å². The van der Waals surface area contributed by atoms with Crippen LogP contribution in [0.4, 0.5) is 8.78 Å². The highest BCUT2D eigenvalue weighted by Gasteiger charge is 2.76. The van der Waals surface area contributed by atoms with E-state index in [4.69, 9.17) is 14.5 Å². The average Bonchev–Trinajstić information content (AvgIpc) is 3.12. The van der Waals surface area contributed by atoms with E-state index in [1.165, 1.54) is 53.4 Å². The van der Waals surface area contributed by atoms with Gasteiger partial charge in [-0.2, -0.15) is 4.89 Å². The van der Waals surface area contributed by atoms with E-state index in [1.54, 1.807) is 6.92 Å². The number of aliphatic hydroxyl groups is 1. The Morgan fingerprint density at radius 2 is 1.51 bits per heavy atom. The Balaban J connectivity index is 1.66. The van der Waals surface area contributed by atoms with Crippen molar-refractivity contribution in [3.8, 4) is 0 Å². The quantitative estimate of drug-likeness (QED) is 0.309. The zero-order chi connectivity index (χ0) is 26.3. The van der Waals surface area contributed by atoms with Gasteiger partial charge in [0.15, 0.2) is 5.60 Å². The first-order valence-electron chi connectivity index (χ1n) is 11.9. The molecule has 5 rings (SSSR count). The predicted molar refractivity (Wildman–Crippen MR) is 126 cm³/mol. The van der Waals surface area contributed by atoms with Crippen LogP contribution in [0.15, 0.2) is 78.9 Å². The van der Waals surface area contributed by atoms with Crippen LogP contribution in [0.1, 0.15) is 30.0 Å². The minimum Gasteiger partial charge on any atom is -0.465 e. The van der Waals surface area contributed by atoms with Gasteiger partial charge >= 0.3 is 5.97 Å². The molecule has 0 spiro atoms. The second-order valence-corrected chi connectivity index (χ2v) is 9.24. The second-order valence-electron chi connectivity index (χ2n) is 9.24. The summed E-state index contributed by atoms with van der Waals surface area (Å²) in [5.41, 5.74) is -2.46. The molecular formula is C28H25F2NO6. The third-order valence-electron chi connectivity index (χ3n) is 7.02. The zero-order valence-electron chi connectivity index (χ0n) is 20.0. The largest absolute Gasteiger partial charge is 0.465 e. The summed E-state index contributed by atoms with van der Waals surface area (Å²) in [6, 6.07) is 19.6. The summed E-state index contributed by atoms with van der Waals surface area (Å²) < 4.78 is 33.0. The highest BCUT2D eigenvalue weighted by Crippen LogP contribution is 2.57. The Kier molecular flexibility index (Phi) is 6.31. The number of carbonyl (C=O) groups excluding carboxylic acids is 2. The van der Waals surface area contributed by atoms with Gasteiger partial charge in [-0.15, -0.1) is 0 Å². The molecule has 0 aliphatic carbocycles. The molecule has 192 valence electrons. The molecule has 2 atom stereocenters. The molecule has 0 aromatic heterocycles. The lowest BCUT2D eigenvalue weighted by molar-refractivity contribution is -0.497. The molecule has 2 heterocycles. The standard InChI is InChI=1S/C28H25F2NO6/c1-2-35-25(33)26-17-27(20-8-12-22(29)13-9-20,21-10-14-23(30)15-11-21)36-37-28(26,34)18-31(24(26)32)16-19-6-4-3-5-7-19/h3-15,34H,2,16-18H2,1H3. The Morgan fingerprint density at radius 1 is 0.946 bits per heavy atom. The fraction of sp³-hybridized carbons (Fsp3) is 0.286. The molecule has 2 aliphatic rings. The van der Waals surface area contributed by atoms with E-state index in [9.17, 15) is 23.5 Å². The molecule has 3 aromatic carbocycles. The highest BCUT2D eigenvalue weighted by molar-refractivity contribution is 6.06. The van der Waals surface area contributed by atoms with Crippen LogP contribution in [0.2, 0.25) is 0 Å². The number of amides is 1. The zero-order valence-corrected chi connectivity index (χ0v) is 20.0. The number of hydrogen-bond acceptors (Lipinski definition) is 6. The molecular weight excluding hydrogens is 484 g/mol. The number of rotatable bonds is 6. The number of halogens is 2. The molecule has 0 bridgehead atoms. The third-order valence-corrected chi connectivity index (χ3v) is 7.02. The van der Waals surface area contributed by atoms with Crippen molar-refractivity contribution in [1.29, 1.82) is 0 Å². The van der Waals surface area contributed by atoms with E-state index in [0.717, 1.165) is 5.56 Å². The molecule has 2 aliphatic heterocycles. The highest BCUT2D eigenvalue weighted by atomic mass is 19.1. The topological polar surface area (TPSA) is 85.3 Å². The molecule has 1 N–H and O–H groups in total. The van der Waals surface area contributed by atoms with Crippen molar-refractivity contribution in [2.45, 2.75) is 31.3 Å². The van der Waals surface area contributed by atoms with Crippen molar-refractivity contribution in [1.82, 2.24) is 4.90 Å². The van der Waals surface area contributed by atoms with Gasteiger partial charge in [-0.3, -0.25) is 9.59 Å². The van der Waals surface area contributed by atoms with Crippen LogP contribution in [0, 0.1) is 17.0 Å². The number of ether oxygens (including phenoxy) is 1. The maximum atomic E-state index is 14.1. The molecule has 0 saturated carbocycles. The van der Waals surface area contributed by atoms with Gasteiger partial charge in [0, 0.05) is 13.0 Å². The van der Waals surface area contributed by atoms with Crippen molar-refractivity contribution in [3.05, 3.63) is 107 Å².